The predicted molar refractivity (Wildman–Crippen MR) is 104 cm³/mol. The molecule has 2 aromatic rings. The van der Waals surface area contributed by atoms with Crippen molar-refractivity contribution < 1.29 is 4.74 Å². The molecule has 0 aliphatic rings. The molecule has 0 saturated heterocycles. The summed E-state index contributed by atoms with van der Waals surface area (Å²) >= 11 is 0. The Morgan fingerprint density at radius 2 is 1.71 bits per heavy atom. The van der Waals surface area contributed by atoms with E-state index < -0.39 is 0 Å². The fraction of sp³-hybridized carbons (Fsp3) is 0.429. The Bertz CT molecular complexity index is 633. The van der Waals surface area contributed by atoms with Gasteiger partial charge in [-0.2, -0.15) is 0 Å². The first kappa shape index (κ1) is 18.2. The Labute approximate surface area is 146 Å². The second-order valence-electron chi connectivity index (χ2n) is 6.85. The molecule has 3 heteroatoms. The molecule has 2 rings (SSSR count). The predicted octanol–water partition coefficient (Wildman–Crippen LogP) is 5.22. The van der Waals surface area contributed by atoms with Crippen LogP contribution in [0.15, 0.2) is 42.5 Å². The maximum absolute atomic E-state index is 6.06. The third-order valence-corrected chi connectivity index (χ3v) is 3.99. The molecule has 0 aromatic heterocycles. The lowest BCUT2D eigenvalue weighted by Gasteiger charge is -2.13. The summed E-state index contributed by atoms with van der Waals surface area (Å²) in [5.74, 6) is 1.35. The van der Waals surface area contributed by atoms with E-state index in [0.717, 1.165) is 30.8 Å². The molecule has 0 aliphatic heterocycles. The number of nitrogens with one attached hydrogen (secondary N) is 1. The molecule has 0 atom stereocenters. The van der Waals surface area contributed by atoms with Crippen molar-refractivity contribution in [1.82, 2.24) is 0 Å². The smallest absolute Gasteiger partial charge is 0.142 e. The quantitative estimate of drug-likeness (QED) is 0.516. The summed E-state index contributed by atoms with van der Waals surface area (Å²) in [7, 11) is 0. The largest absolute Gasteiger partial charge is 0.489 e. The van der Waals surface area contributed by atoms with Crippen LogP contribution >= 0.6 is 0 Å². The minimum Gasteiger partial charge on any atom is -0.489 e. The van der Waals surface area contributed by atoms with Crippen molar-refractivity contribution in [3.05, 3.63) is 53.6 Å². The molecular weight excluding hydrogens is 296 g/mol. The van der Waals surface area contributed by atoms with E-state index in [4.69, 9.17) is 10.5 Å². The van der Waals surface area contributed by atoms with Gasteiger partial charge in [0, 0.05) is 12.2 Å². The number of rotatable bonds is 8. The van der Waals surface area contributed by atoms with E-state index in [0.29, 0.717) is 5.92 Å². The van der Waals surface area contributed by atoms with Gasteiger partial charge in [0.15, 0.2) is 0 Å². The first-order chi connectivity index (χ1) is 11.5. The Hall–Kier alpha value is -2.16. The summed E-state index contributed by atoms with van der Waals surface area (Å²) in [5.41, 5.74) is 10.6. The highest BCUT2D eigenvalue weighted by Gasteiger charge is 2.04. The molecule has 0 amide bonds. The Morgan fingerprint density at radius 1 is 1.00 bits per heavy atom. The fourth-order valence-corrected chi connectivity index (χ4v) is 2.63. The second-order valence-corrected chi connectivity index (χ2v) is 6.85. The molecular formula is C21H30N2O. The molecule has 3 N–H and O–H groups in total. The van der Waals surface area contributed by atoms with Gasteiger partial charge in [-0.15, -0.1) is 0 Å². The molecule has 24 heavy (non-hydrogen) atoms. The zero-order chi connectivity index (χ0) is 17.5. The maximum Gasteiger partial charge on any atom is 0.142 e. The first-order valence-electron chi connectivity index (χ1n) is 8.84. The lowest BCUT2D eigenvalue weighted by atomic mass is 10.0. The number of anilines is 2. The summed E-state index contributed by atoms with van der Waals surface area (Å²) in [6, 6.07) is 14.8. The van der Waals surface area contributed by atoms with E-state index in [1.165, 1.54) is 16.8 Å². The fourth-order valence-electron chi connectivity index (χ4n) is 2.63. The van der Waals surface area contributed by atoms with Gasteiger partial charge in [-0.1, -0.05) is 32.0 Å². The molecule has 0 aliphatic carbocycles. The van der Waals surface area contributed by atoms with Crippen LogP contribution < -0.4 is 15.8 Å². The third-order valence-electron chi connectivity index (χ3n) is 3.99. The highest BCUT2D eigenvalue weighted by Crippen LogP contribution is 2.24. The zero-order valence-corrected chi connectivity index (χ0v) is 15.3. The van der Waals surface area contributed by atoms with Crippen molar-refractivity contribution in [1.29, 1.82) is 0 Å². The van der Waals surface area contributed by atoms with E-state index in [2.05, 4.69) is 49.5 Å². The molecule has 0 heterocycles. The van der Waals surface area contributed by atoms with Gasteiger partial charge in [-0.25, -0.2) is 0 Å². The summed E-state index contributed by atoms with van der Waals surface area (Å²) in [6.45, 7) is 9.39. The van der Waals surface area contributed by atoms with E-state index in [1.54, 1.807) is 0 Å². The molecule has 3 nitrogen and oxygen atoms in total. The van der Waals surface area contributed by atoms with Gasteiger partial charge in [0.1, 0.15) is 5.75 Å². The Kier molecular flexibility index (Phi) is 6.53. The number of hydrogen-bond acceptors (Lipinski definition) is 3. The van der Waals surface area contributed by atoms with Crippen LogP contribution in [0.3, 0.4) is 0 Å². The Morgan fingerprint density at radius 3 is 2.29 bits per heavy atom. The molecule has 2 aromatic carbocycles. The zero-order valence-electron chi connectivity index (χ0n) is 15.3. The number of nitrogens with two attached hydrogens (primary N) is 1. The number of aryl methyl sites for hydroxylation is 1. The van der Waals surface area contributed by atoms with Gasteiger partial charge in [0.05, 0.1) is 11.8 Å². The molecule has 0 fully saturated rings. The third kappa shape index (κ3) is 5.48. The molecule has 0 bridgehead atoms. The van der Waals surface area contributed by atoms with Crippen molar-refractivity contribution in [2.45, 2.75) is 52.6 Å². The van der Waals surface area contributed by atoms with Gasteiger partial charge in [-0.05, 0) is 68.0 Å². The number of hydrogen-bond donors (Lipinski definition) is 2. The molecule has 0 unspecified atom stereocenters. The lowest BCUT2D eigenvalue weighted by molar-refractivity contribution is 0.244. The highest BCUT2D eigenvalue weighted by molar-refractivity contribution is 5.54. The van der Waals surface area contributed by atoms with Crippen molar-refractivity contribution in [2.75, 3.05) is 17.6 Å². The molecule has 0 spiro atoms. The summed E-state index contributed by atoms with van der Waals surface area (Å²) in [6.07, 6.45) is 2.21. The summed E-state index contributed by atoms with van der Waals surface area (Å²) < 4.78 is 5.67. The van der Waals surface area contributed by atoms with Crippen molar-refractivity contribution >= 4 is 11.4 Å². The van der Waals surface area contributed by atoms with Crippen LogP contribution in [-0.4, -0.2) is 12.6 Å². The van der Waals surface area contributed by atoms with Crippen LogP contribution in [0.1, 0.15) is 51.2 Å². The Balaban J connectivity index is 1.78. The number of nitrogen functional groups attached to an aromatic ring is 1. The molecule has 130 valence electrons. The topological polar surface area (TPSA) is 47.3 Å². The van der Waals surface area contributed by atoms with E-state index in [1.807, 2.05) is 26.0 Å². The van der Waals surface area contributed by atoms with Crippen LogP contribution in [0.5, 0.6) is 5.75 Å². The van der Waals surface area contributed by atoms with Crippen molar-refractivity contribution in [2.24, 2.45) is 0 Å². The number of benzene rings is 2. The second kappa shape index (κ2) is 8.62. The van der Waals surface area contributed by atoms with Crippen LogP contribution in [0, 0.1) is 0 Å². The first-order valence-corrected chi connectivity index (χ1v) is 8.84. The van der Waals surface area contributed by atoms with Crippen LogP contribution in [-0.2, 0) is 6.42 Å². The monoisotopic (exact) mass is 326 g/mol. The minimum atomic E-state index is 0.143. The van der Waals surface area contributed by atoms with Crippen molar-refractivity contribution in [3.8, 4) is 5.75 Å². The highest BCUT2D eigenvalue weighted by atomic mass is 16.5. The van der Waals surface area contributed by atoms with Crippen LogP contribution in [0.2, 0.25) is 0 Å². The summed E-state index contributed by atoms with van der Waals surface area (Å²) in [4.78, 5) is 0. The van der Waals surface area contributed by atoms with Gasteiger partial charge in [0.2, 0.25) is 0 Å². The van der Waals surface area contributed by atoms with Crippen molar-refractivity contribution in [3.63, 3.8) is 0 Å². The average molecular weight is 326 g/mol. The average Bonchev–Trinajstić information content (AvgIpc) is 2.54. The van der Waals surface area contributed by atoms with Crippen LogP contribution in [0.25, 0.3) is 0 Å². The minimum absolute atomic E-state index is 0.143. The van der Waals surface area contributed by atoms with Gasteiger partial charge >= 0.3 is 0 Å². The maximum atomic E-state index is 6.06. The van der Waals surface area contributed by atoms with Crippen LogP contribution in [0.4, 0.5) is 11.4 Å². The SMILES string of the molecule is CC(C)Oc1ccc(CCCNc2ccc(C(C)C)cc2)cc1N. The lowest BCUT2D eigenvalue weighted by Crippen LogP contribution is -2.08. The van der Waals surface area contributed by atoms with E-state index in [9.17, 15) is 0 Å². The number of ether oxygens (including phenoxy) is 1. The normalized spacial score (nSPS) is 11.1. The van der Waals surface area contributed by atoms with E-state index in [-0.39, 0.29) is 6.10 Å². The standard InChI is InChI=1S/C21H30N2O/c1-15(2)18-8-10-19(11-9-18)23-13-5-6-17-7-12-21(20(22)14-17)24-16(3)4/h7-12,14-16,23H,5-6,13,22H2,1-4H3. The van der Waals surface area contributed by atoms with Gasteiger partial charge < -0.3 is 15.8 Å². The summed E-state index contributed by atoms with van der Waals surface area (Å²) in [5, 5.41) is 3.48. The van der Waals surface area contributed by atoms with Gasteiger partial charge in [-0.3, -0.25) is 0 Å². The molecule has 0 saturated carbocycles. The van der Waals surface area contributed by atoms with E-state index >= 15 is 0 Å². The van der Waals surface area contributed by atoms with Gasteiger partial charge in [0.25, 0.3) is 0 Å². The molecule has 0 radical (unpaired) electrons.